The van der Waals surface area contributed by atoms with E-state index in [9.17, 15) is 4.79 Å². The minimum atomic E-state index is -0.0849. The Kier molecular flexibility index (Phi) is 5.03. The summed E-state index contributed by atoms with van der Waals surface area (Å²) in [5.74, 6) is 5.62. The number of thiophene rings is 1. The van der Waals surface area contributed by atoms with E-state index < -0.39 is 0 Å². The van der Waals surface area contributed by atoms with Gasteiger partial charge in [0.15, 0.2) is 0 Å². The first-order chi connectivity index (χ1) is 7.65. The third-order valence-electron chi connectivity index (χ3n) is 1.75. The largest absolute Gasteiger partial charge is 0.395 e. The van der Waals surface area contributed by atoms with E-state index in [-0.39, 0.29) is 18.6 Å². The summed E-state index contributed by atoms with van der Waals surface area (Å²) in [4.78, 5) is 12.4. The van der Waals surface area contributed by atoms with Crippen molar-refractivity contribution in [2.45, 2.75) is 26.3 Å². The van der Waals surface area contributed by atoms with E-state index in [1.165, 1.54) is 11.3 Å². The average Bonchev–Trinajstić information content (AvgIpc) is 2.65. The van der Waals surface area contributed by atoms with Crippen molar-refractivity contribution in [3.05, 3.63) is 21.9 Å². The van der Waals surface area contributed by atoms with Gasteiger partial charge in [-0.3, -0.25) is 4.79 Å². The molecule has 2 N–H and O–H groups in total. The van der Waals surface area contributed by atoms with Crippen molar-refractivity contribution < 1.29 is 9.90 Å². The van der Waals surface area contributed by atoms with E-state index in [2.05, 4.69) is 17.2 Å². The fourth-order valence-electron chi connectivity index (χ4n) is 1.12. The average molecular weight is 237 g/mol. The summed E-state index contributed by atoms with van der Waals surface area (Å²) in [6.45, 7) is 3.88. The SMILES string of the molecule is CC(C)NC(=O)c1sccc1C#CCCO. The number of hydrogen-bond donors (Lipinski definition) is 2. The molecule has 0 aromatic carbocycles. The van der Waals surface area contributed by atoms with Crippen LogP contribution in [-0.2, 0) is 0 Å². The Morgan fingerprint density at radius 3 is 3.00 bits per heavy atom. The van der Waals surface area contributed by atoms with Crippen LogP contribution in [0.2, 0.25) is 0 Å². The fraction of sp³-hybridized carbons (Fsp3) is 0.417. The van der Waals surface area contributed by atoms with Crippen LogP contribution in [0.15, 0.2) is 11.4 Å². The topological polar surface area (TPSA) is 49.3 Å². The standard InChI is InChI=1S/C12H15NO2S/c1-9(2)13-12(15)11-10(6-8-16-11)5-3-4-7-14/h6,8-9,14H,4,7H2,1-2H3,(H,13,15). The van der Waals surface area contributed by atoms with Crippen molar-refractivity contribution in [1.82, 2.24) is 5.32 Å². The summed E-state index contributed by atoms with van der Waals surface area (Å²) in [5, 5.41) is 13.3. The summed E-state index contributed by atoms with van der Waals surface area (Å²) >= 11 is 1.38. The molecule has 1 aromatic rings. The molecule has 0 atom stereocenters. The molecule has 3 nitrogen and oxygen atoms in total. The van der Waals surface area contributed by atoms with Crippen molar-refractivity contribution >= 4 is 17.2 Å². The highest BCUT2D eigenvalue weighted by molar-refractivity contribution is 7.12. The Bertz CT molecular complexity index is 412. The minimum absolute atomic E-state index is 0.0463. The normalized spacial score (nSPS) is 9.75. The van der Waals surface area contributed by atoms with E-state index in [0.29, 0.717) is 11.3 Å². The van der Waals surface area contributed by atoms with Gasteiger partial charge in [0.05, 0.1) is 6.61 Å². The van der Waals surface area contributed by atoms with Crippen LogP contribution in [0, 0.1) is 11.8 Å². The lowest BCUT2D eigenvalue weighted by Gasteiger charge is -2.06. The molecule has 0 saturated heterocycles. The zero-order valence-electron chi connectivity index (χ0n) is 9.41. The van der Waals surface area contributed by atoms with Gasteiger partial charge in [0, 0.05) is 18.0 Å². The number of amides is 1. The maximum atomic E-state index is 11.8. The number of rotatable bonds is 3. The molecule has 0 bridgehead atoms. The van der Waals surface area contributed by atoms with Crippen LogP contribution < -0.4 is 5.32 Å². The van der Waals surface area contributed by atoms with Crippen molar-refractivity contribution in [3.8, 4) is 11.8 Å². The van der Waals surface area contributed by atoms with Gasteiger partial charge in [0.1, 0.15) is 4.88 Å². The van der Waals surface area contributed by atoms with E-state index in [1.807, 2.05) is 25.3 Å². The van der Waals surface area contributed by atoms with Crippen LogP contribution in [0.3, 0.4) is 0 Å². The van der Waals surface area contributed by atoms with E-state index in [0.717, 1.165) is 5.56 Å². The molecule has 4 heteroatoms. The highest BCUT2D eigenvalue weighted by Gasteiger charge is 2.12. The van der Waals surface area contributed by atoms with Gasteiger partial charge in [0.2, 0.25) is 0 Å². The molecule has 86 valence electrons. The molecule has 0 aliphatic carbocycles. The molecule has 1 amide bonds. The second-order valence-electron chi connectivity index (χ2n) is 3.57. The smallest absolute Gasteiger partial charge is 0.262 e. The van der Waals surface area contributed by atoms with E-state index >= 15 is 0 Å². The molecular formula is C12H15NO2S. The lowest BCUT2D eigenvalue weighted by molar-refractivity contribution is 0.0947. The molecule has 0 radical (unpaired) electrons. The minimum Gasteiger partial charge on any atom is -0.395 e. The summed E-state index contributed by atoms with van der Waals surface area (Å²) in [7, 11) is 0. The van der Waals surface area contributed by atoms with Crippen LogP contribution in [-0.4, -0.2) is 23.7 Å². The van der Waals surface area contributed by atoms with Crippen LogP contribution in [0.5, 0.6) is 0 Å². The quantitative estimate of drug-likeness (QED) is 0.785. The van der Waals surface area contributed by atoms with Crippen LogP contribution >= 0.6 is 11.3 Å². The molecule has 16 heavy (non-hydrogen) atoms. The van der Waals surface area contributed by atoms with Gasteiger partial charge in [-0.1, -0.05) is 11.8 Å². The van der Waals surface area contributed by atoms with E-state index in [1.54, 1.807) is 0 Å². The number of nitrogens with one attached hydrogen (secondary N) is 1. The van der Waals surface area contributed by atoms with Crippen molar-refractivity contribution in [2.75, 3.05) is 6.61 Å². The van der Waals surface area contributed by atoms with Crippen LogP contribution in [0.1, 0.15) is 35.5 Å². The first-order valence-electron chi connectivity index (χ1n) is 5.13. The highest BCUT2D eigenvalue weighted by atomic mass is 32.1. The third kappa shape index (κ3) is 3.69. The molecule has 1 rings (SSSR count). The maximum Gasteiger partial charge on any atom is 0.262 e. The summed E-state index contributed by atoms with van der Waals surface area (Å²) in [6.07, 6.45) is 0.432. The highest BCUT2D eigenvalue weighted by Crippen LogP contribution is 2.15. The molecule has 0 saturated carbocycles. The van der Waals surface area contributed by atoms with E-state index in [4.69, 9.17) is 5.11 Å². The Hall–Kier alpha value is -1.31. The molecule has 1 aromatic heterocycles. The zero-order chi connectivity index (χ0) is 12.0. The summed E-state index contributed by atoms with van der Waals surface area (Å²) < 4.78 is 0. The molecule has 1 heterocycles. The monoisotopic (exact) mass is 237 g/mol. The molecule has 0 spiro atoms. The van der Waals surface area contributed by atoms with Gasteiger partial charge in [-0.15, -0.1) is 11.3 Å². The van der Waals surface area contributed by atoms with Crippen molar-refractivity contribution in [1.29, 1.82) is 0 Å². The Morgan fingerprint density at radius 2 is 2.38 bits per heavy atom. The van der Waals surface area contributed by atoms with Gasteiger partial charge >= 0.3 is 0 Å². The fourth-order valence-corrected chi connectivity index (χ4v) is 1.88. The molecule has 0 aliphatic rings. The molecule has 0 aliphatic heterocycles. The first kappa shape index (κ1) is 12.8. The number of aliphatic hydroxyl groups is 1. The van der Waals surface area contributed by atoms with Gasteiger partial charge in [-0.25, -0.2) is 0 Å². The molecule has 0 unspecified atom stereocenters. The Balaban J connectivity index is 2.79. The van der Waals surface area contributed by atoms with Gasteiger partial charge in [0.25, 0.3) is 5.91 Å². The maximum absolute atomic E-state index is 11.8. The predicted molar refractivity (Wildman–Crippen MR) is 65.5 cm³/mol. The molecule has 0 fully saturated rings. The number of hydrogen-bond acceptors (Lipinski definition) is 3. The first-order valence-corrected chi connectivity index (χ1v) is 6.01. The van der Waals surface area contributed by atoms with Crippen LogP contribution in [0.25, 0.3) is 0 Å². The second kappa shape index (κ2) is 6.31. The Morgan fingerprint density at radius 1 is 1.62 bits per heavy atom. The number of carbonyl (C=O) groups is 1. The zero-order valence-corrected chi connectivity index (χ0v) is 10.2. The van der Waals surface area contributed by atoms with Crippen LogP contribution in [0.4, 0.5) is 0 Å². The predicted octanol–water partition coefficient (Wildman–Crippen LogP) is 1.62. The lowest BCUT2D eigenvalue weighted by atomic mass is 10.2. The van der Waals surface area contributed by atoms with Gasteiger partial charge in [-0.05, 0) is 25.3 Å². The third-order valence-corrected chi connectivity index (χ3v) is 2.66. The van der Waals surface area contributed by atoms with Gasteiger partial charge in [-0.2, -0.15) is 0 Å². The van der Waals surface area contributed by atoms with Gasteiger partial charge < -0.3 is 10.4 Å². The summed E-state index contributed by atoms with van der Waals surface area (Å²) in [5.41, 5.74) is 0.733. The Labute approximate surface area is 99.5 Å². The van der Waals surface area contributed by atoms with Crippen molar-refractivity contribution in [3.63, 3.8) is 0 Å². The molecular weight excluding hydrogens is 222 g/mol. The van der Waals surface area contributed by atoms with Crippen molar-refractivity contribution in [2.24, 2.45) is 0 Å². The lowest BCUT2D eigenvalue weighted by Crippen LogP contribution is -2.29. The second-order valence-corrected chi connectivity index (χ2v) is 4.48. The number of aliphatic hydroxyl groups excluding tert-OH is 1. The number of carbonyl (C=O) groups excluding carboxylic acids is 1. The summed E-state index contributed by atoms with van der Waals surface area (Å²) in [6, 6.07) is 1.94.